The van der Waals surface area contributed by atoms with Crippen molar-refractivity contribution in [2.75, 3.05) is 13.1 Å². The van der Waals surface area contributed by atoms with E-state index in [1.807, 2.05) is 12.1 Å². The Hall–Kier alpha value is -3.22. The van der Waals surface area contributed by atoms with Crippen LogP contribution in [0.25, 0.3) is 11.1 Å². The Balaban J connectivity index is 1.71. The van der Waals surface area contributed by atoms with Gasteiger partial charge in [0.25, 0.3) is 0 Å². The summed E-state index contributed by atoms with van der Waals surface area (Å²) in [6.45, 7) is 1.22. The van der Waals surface area contributed by atoms with Crippen molar-refractivity contribution >= 4 is 5.91 Å². The Morgan fingerprint density at radius 1 is 1.19 bits per heavy atom. The van der Waals surface area contributed by atoms with Crippen molar-refractivity contribution in [1.29, 1.82) is 10.5 Å². The Morgan fingerprint density at radius 2 is 1.88 bits per heavy atom. The van der Waals surface area contributed by atoms with E-state index >= 15 is 0 Å². The van der Waals surface area contributed by atoms with Gasteiger partial charge in [0.2, 0.25) is 5.91 Å². The van der Waals surface area contributed by atoms with Crippen LogP contribution in [0.4, 0.5) is 4.39 Å². The lowest BCUT2D eigenvalue weighted by molar-refractivity contribution is -0.126. The van der Waals surface area contributed by atoms with Crippen molar-refractivity contribution in [3.8, 4) is 23.3 Å². The summed E-state index contributed by atoms with van der Waals surface area (Å²) in [5.74, 6) is -0.717. The van der Waals surface area contributed by atoms with Gasteiger partial charge in [0.15, 0.2) is 0 Å². The number of amides is 1. The molecule has 1 aliphatic rings. The first-order chi connectivity index (χ1) is 12.6. The molecular formula is C20H17FN4O. The predicted octanol–water partition coefficient (Wildman–Crippen LogP) is 2.13. The van der Waals surface area contributed by atoms with Crippen molar-refractivity contribution in [2.24, 2.45) is 5.92 Å². The zero-order valence-electron chi connectivity index (χ0n) is 14.0. The summed E-state index contributed by atoms with van der Waals surface area (Å²) < 4.78 is 14.5. The van der Waals surface area contributed by atoms with E-state index in [9.17, 15) is 14.4 Å². The van der Waals surface area contributed by atoms with E-state index in [-0.39, 0.29) is 18.2 Å². The van der Waals surface area contributed by atoms with Gasteiger partial charge in [-0.2, -0.15) is 10.5 Å². The second-order valence-corrected chi connectivity index (χ2v) is 6.24. The molecule has 130 valence electrons. The Bertz CT molecular complexity index is 892. The Kier molecular flexibility index (Phi) is 5.26. The lowest BCUT2D eigenvalue weighted by atomic mass is 9.98. The number of benzene rings is 2. The molecule has 2 aromatic carbocycles. The first-order valence-electron chi connectivity index (χ1n) is 8.30. The van der Waals surface area contributed by atoms with Gasteiger partial charge in [-0.3, -0.25) is 4.79 Å². The Morgan fingerprint density at radius 3 is 2.42 bits per heavy atom. The number of hydrogen-bond acceptors (Lipinski definition) is 4. The summed E-state index contributed by atoms with van der Waals surface area (Å²) in [7, 11) is 0. The van der Waals surface area contributed by atoms with E-state index in [4.69, 9.17) is 5.26 Å². The quantitative estimate of drug-likeness (QED) is 0.866. The second kappa shape index (κ2) is 7.77. The largest absolute Gasteiger partial charge is 0.340 e. The van der Waals surface area contributed by atoms with E-state index in [0.717, 1.165) is 5.56 Å². The number of nitrogens with zero attached hydrogens (tertiary/aromatic N) is 2. The lowest BCUT2D eigenvalue weighted by Gasteiger charge is -2.26. The smallest absolute Gasteiger partial charge is 0.226 e. The van der Waals surface area contributed by atoms with E-state index in [0.29, 0.717) is 29.8 Å². The van der Waals surface area contributed by atoms with Crippen LogP contribution in [-0.2, 0) is 11.2 Å². The molecule has 1 atom stereocenters. The van der Waals surface area contributed by atoms with Crippen LogP contribution in [0.5, 0.6) is 0 Å². The molecule has 0 aromatic heterocycles. The first kappa shape index (κ1) is 17.6. The molecule has 1 fully saturated rings. The monoisotopic (exact) mass is 348 g/mol. The lowest BCUT2D eigenvalue weighted by Crippen LogP contribution is -2.52. The van der Waals surface area contributed by atoms with Gasteiger partial charge in [0.05, 0.1) is 23.6 Å². The molecule has 1 unspecified atom stereocenters. The maximum absolute atomic E-state index is 14.5. The molecule has 0 spiro atoms. The maximum Gasteiger partial charge on any atom is 0.226 e. The van der Waals surface area contributed by atoms with E-state index < -0.39 is 11.9 Å². The van der Waals surface area contributed by atoms with Gasteiger partial charge in [-0.25, -0.2) is 4.39 Å². The van der Waals surface area contributed by atoms with Crippen LogP contribution >= 0.6 is 0 Å². The van der Waals surface area contributed by atoms with Crippen molar-refractivity contribution in [3.05, 3.63) is 59.4 Å². The summed E-state index contributed by atoms with van der Waals surface area (Å²) in [6, 6.07) is 15.0. The zero-order chi connectivity index (χ0) is 18.5. The molecule has 1 heterocycles. The van der Waals surface area contributed by atoms with E-state index in [2.05, 4.69) is 10.6 Å². The highest BCUT2D eigenvalue weighted by molar-refractivity contribution is 5.80. The highest BCUT2D eigenvalue weighted by Crippen LogP contribution is 2.23. The third-order valence-electron chi connectivity index (χ3n) is 4.45. The number of carbonyl (C=O) groups excluding carboxylic acids is 1. The molecule has 0 bridgehead atoms. The highest BCUT2D eigenvalue weighted by Gasteiger charge is 2.26. The summed E-state index contributed by atoms with van der Waals surface area (Å²) in [5.41, 5.74) is 2.41. The van der Waals surface area contributed by atoms with Crippen molar-refractivity contribution in [2.45, 2.75) is 12.5 Å². The fourth-order valence-corrected chi connectivity index (χ4v) is 2.74. The molecule has 1 aliphatic heterocycles. The van der Waals surface area contributed by atoms with Gasteiger partial charge in [-0.15, -0.1) is 0 Å². The van der Waals surface area contributed by atoms with Gasteiger partial charge < -0.3 is 10.6 Å². The average Bonchev–Trinajstić information content (AvgIpc) is 2.61. The first-order valence-corrected chi connectivity index (χ1v) is 8.30. The van der Waals surface area contributed by atoms with Crippen molar-refractivity contribution in [1.82, 2.24) is 10.6 Å². The molecule has 3 rings (SSSR count). The number of halogens is 1. The summed E-state index contributed by atoms with van der Waals surface area (Å²) >= 11 is 0. The fraction of sp³-hybridized carbons (Fsp3) is 0.250. The van der Waals surface area contributed by atoms with Crippen LogP contribution in [0.3, 0.4) is 0 Å². The highest BCUT2D eigenvalue weighted by atomic mass is 19.1. The number of hydrogen-bond donors (Lipinski definition) is 2. The predicted molar refractivity (Wildman–Crippen MR) is 94.2 cm³/mol. The van der Waals surface area contributed by atoms with Gasteiger partial charge in [0, 0.05) is 19.5 Å². The minimum absolute atomic E-state index is 0.113. The number of nitrogens with one attached hydrogen (secondary N) is 2. The number of nitriles is 2. The fourth-order valence-electron chi connectivity index (χ4n) is 2.74. The minimum Gasteiger partial charge on any atom is -0.340 e. The molecule has 2 aromatic rings. The summed E-state index contributed by atoms with van der Waals surface area (Å²) in [4.78, 5) is 11.9. The van der Waals surface area contributed by atoms with Gasteiger partial charge in [-0.1, -0.05) is 24.3 Å². The van der Waals surface area contributed by atoms with Crippen LogP contribution in [0.1, 0.15) is 11.1 Å². The molecule has 0 aliphatic carbocycles. The second-order valence-electron chi connectivity index (χ2n) is 6.24. The zero-order valence-corrected chi connectivity index (χ0v) is 14.0. The number of carbonyl (C=O) groups is 1. The van der Waals surface area contributed by atoms with Crippen LogP contribution < -0.4 is 10.6 Å². The molecule has 26 heavy (non-hydrogen) atoms. The average molecular weight is 348 g/mol. The van der Waals surface area contributed by atoms with E-state index in [1.165, 1.54) is 6.07 Å². The molecular weight excluding hydrogens is 331 g/mol. The third kappa shape index (κ3) is 3.88. The van der Waals surface area contributed by atoms with Crippen LogP contribution in [0.15, 0.2) is 42.5 Å². The standard InChI is InChI=1S/C20H17FN4O/c21-19-8-15(14-3-1-13(9-22)2-4-14)5-6-16(19)7-18(10-23)25-20(26)17-11-24-12-17/h1-6,8,17-18,24H,7,11-12H2,(H,25,26). The number of rotatable bonds is 5. The minimum atomic E-state index is -0.765. The summed E-state index contributed by atoms with van der Waals surface area (Å²) in [6.07, 6.45) is 0.113. The Labute approximate surface area is 151 Å². The van der Waals surface area contributed by atoms with Gasteiger partial charge in [-0.05, 0) is 34.9 Å². The SMILES string of the molecule is N#Cc1ccc(-c2ccc(CC(C#N)NC(=O)C3CNC3)c(F)c2)cc1. The maximum atomic E-state index is 14.5. The van der Waals surface area contributed by atoms with Gasteiger partial charge >= 0.3 is 0 Å². The molecule has 0 radical (unpaired) electrons. The molecule has 1 saturated heterocycles. The molecule has 2 N–H and O–H groups in total. The van der Waals surface area contributed by atoms with Gasteiger partial charge in [0.1, 0.15) is 11.9 Å². The summed E-state index contributed by atoms with van der Waals surface area (Å²) in [5, 5.41) is 23.8. The van der Waals surface area contributed by atoms with Crippen molar-refractivity contribution in [3.63, 3.8) is 0 Å². The van der Waals surface area contributed by atoms with Crippen LogP contribution in [0.2, 0.25) is 0 Å². The van der Waals surface area contributed by atoms with Crippen molar-refractivity contribution < 1.29 is 9.18 Å². The van der Waals surface area contributed by atoms with Crippen LogP contribution in [-0.4, -0.2) is 25.0 Å². The molecule has 1 amide bonds. The molecule has 6 heteroatoms. The molecule has 5 nitrogen and oxygen atoms in total. The third-order valence-corrected chi connectivity index (χ3v) is 4.45. The van der Waals surface area contributed by atoms with Crippen LogP contribution in [0, 0.1) is 34.4 Å². The molecule has 0 saturated carbocycles. The normalized spacial score (nSPS) is 14.6. The topological polar surface area (TPSA) is 88.7 Å². The van der Waals surface area contributed by atoms with E-state index in [1.54, 1.807) is 36.4 Å².